The van der Waals surface area contributed by atoms with Gasteiger partial charge in [0.25, 0.3) is 0 Å². The van der Waals surface area contributed by atoms with Gasteiger partial charge in [-0.2, -0.15) is 0 Å². The zero-order valence-corrected chi connectivity index (χ0v) is 11.5. The van der Waals surface area contributed by atoms with Crippen molar-refractivity contribution in [2.45, 2.75) is 39.0 Å². The number of carbonyl (C=O) groups excluding carboxylic acids is 1. The zero-order chi connectivity index (χ0) is 14.4. The summed E-state index contributed by atoms with van der Waals surface area (Å²) in [6.45, 7) is 5.79. The summed E-state index contributed by atoms with van der Waals surface area (Å²) in [7, 11) is 0. The highest BCUT2D eigenvalue weighted by Gasteiger charge is 2.25. The molecule has 2 atom stereocenters. The number of nitrogens with two attached hydrogens (primary N) is 1. The third-order valence-corrected chi connectivity index (χ3v) is 2.49. The molecular weight excluding hydrogens is 246 g/mol. The van der Waals surface area contributed by atoms with Gasteiger partial charge in [0.1, 0.15) is 17.9 Å². The molecule has 1 aromatic carbocycles. The van der Waals surface area contributed by atoms with Crippen LogP contribution in [0.4, 0.5) is 0 Å². The highest BCUT2D eigenvalue weighted by Crippen LogP contribution is 2.20. The van der Waals surface area contributed by atoms with Crippen LogP contribution in [0, 0.1) is 0 Å². The summed E-state index contributed by atoms with van der Waals surface area (Å²) in [5, 5.41) is 9.99. The third kappa shape index (κ3) is 4.54. The number of hydrogen-bond donors (Lipinski definition) is 2. The maximum absolute atomic E-state index is 11.4. The molecule has 3 N–H and O–H groups in total. The molecule has 0 fully saturated rings. The average Bonchev–Trinajstić information content (AvgIpc) is 2.37. The van der Waals surface area contributed by atoms with Gasteiger partial charge in [-0.25, -0.2) is 0 Å². The topological polar surface area (TPSA) is 81.8 Å². The van der Waals surface area contributed by atoms with Crippen LogP contribution in [0.5, 0.6) is 5.75 Å². The molecule has 5 nitrogen and oxygen atoms in total. The lowest BCUT2D eigenvalue weighted by molar-refractivity contribution is -0.147. The molecule has 0 heterocycles. The van der Waals surface area contributed by atoms with E-state index in [4.69, 9.17) is 15.2 Å². The normalized spacial score (nSPS) is 14.0. The van der Waals surface area contributed by atoms with Crippen LogP contribution < -0.4 is 10.5 Å². The number of rotatable bonds is 6. The first kappa shape index (κ1) is 15.5. The molecule has 0 amide bonds. The predicted octanol–water partition coefficient (Wildman–Crippen LogP) is 1.40. The second kappa shape index (κ2) is 7.11. The molecule has 0 spiro atoms. The SMILES string of the molecule is CCOC(=O)C(N)C(O)c1ccc(OC(C)C)cc1. The van der Waals surface area contributed by atoms with E-state index >= 15 is 0 Å². The summed E-state index contributed by atoms with van der Waals surface area (Å²) in [4.78, 5) is 11.4. The van der Waals surface area contributed by atoms with E-state index in [0.29, 0.717) is 11.3 Å². The molecule has 0 aliphatic carbocycles. The van der Waals surface area contributed by atoms with Gasteiger partial charge in [-0.1, -0.05) is 12.1 Å². The van der Waals surface area contributed by atoms with Gasteiger partial charge in [0.05, 0.1) is 12.7 Å². The fraction of sp³-hybridized carbons (Fsp3) is 0.500. The fourth-order valence-corrected chi connectivity index (χ4v) is 1.59. The molecule has 2 unspecified atom stereocenters. The first-order valence-corrected chi connectivity index (χ1v) is 6.32. The smallest absolute Gasteiger partial charge is 0.325 e. The third-order valence-electron chi connectivity index (χ3n) is 2.49. The van der Waals surface area contributed by atoms with Gasteiger partial charge in [0, 0.05) is 0 Å². The van der Waals surface area contributed by atoms with Crippen molar-refractivity contribution < 1.29 is 19.4 Å². The molecule has 0 bridgehead atoms. The first-order chi connectivity index (χ1) is 8.95. The van der Waals surface area contributed by atoms with Crippen molar-refractivity contribution in [1.29, 1.82) is 0 Å². The summed E-state index contributed by atoms with van der Waals surface area (Å²) in [5.41, 5.74) is 6.19. The Morgan fingerprint density at radius 1 is 1.32 bits per heavy atom. The maximum atomic E-state index is 11.4. The molecule has 19 heavy (non-hydrogen) atoms. The number of aliphatic hydroxyl groups is 1. The summed E-state index contributed by atoms with van der Waals surface area (Å²) in [6.07, 6.45) is -1.01. The maximum Gasteiger partial charge on any atom is 0.325 e. The van der Waals surface area contributed by atoms with Crippen LogP contribution in [0.15, 0.2) is 24.3 Å². The van der Waals surface area contributed by atoms with E-state index in [9.17, 15) is 9.90 Å². The predicted molar refractivity (Wildman–Crippen MR) is 71.8 cm³/mol. The lowest BCUT2D eigenvalue weighted by atomic mass is 10.0. The lowest BCUT2D eigenvalue weighted by Crippen LogP contribution is -2.38. The van der Waals surface area contributed by atoms with Crippen LogP contribution in [0.1, 0.15) is 32.4 Å². The number of benzene rings is 1. The Labute approximate surface area is 113 Å². The van der Waals surface area contributed by atoms with Gasteiger partial charge in [-0.15, -0.1) is 0 Å². The Bertz CT molecular complexity index is 402. The van der Waals surface area contributed by atoms with Crippen molar-refractivity contribution in [2.24, 2.45) is 5.73 Å². The largest absolute Gasteiger partial charge is 0.491 e. The molecule has 1 rings (SSSR count). The number of hydrogen-bond acceptors (Lipinski definition) is 5. The van der Waals surface area contributed by atoms with Crippen LogP contribution in [-0.4, -0.2) is 29.8 Å². The second-order valence-corrected chi connectivity index (χ2v) is 4.46. The van der Waals surface area contributed by atoms with Gasteiger partial charge in [0.15, 0.2) is 0 Å². The summed E-state index contributed by atoms with van der Waals surface area (Å²) in [6, 6.07) is 5.74. The van der Waals surface area contributed by atoms with Crippen LogP contribution in [0.25, 0.3) is 0 Å². The van der Waals surface area contributed by atoms with Crippen molar-refractivity contribution in [3.05, 3.63) is 29.8 Å². The second-order valence-electron chi connectivity index (χ2n) is 4.46. The lowest BCUT2D eigenvalue weighted by Gasteiger charge is -2.18. The fourth-order valence-electron chi connectivity index (χ4n) is 1.59. The van der Waals surface area contributed by atoms with E-state index in [1.807, 2.05) is 13.8 Å². The molecule has 0 saturated heterocycles. The van der Waals surface area contributed by atoms with Gasteiger partial charge in [-0.3, -0.25) is 4.79 Å². The van der Waals surface area contributed by atoms with E-state index < -0.39 is 18.1 Å². The van der Waals surface area contributed by atoms with E-state index in [0.717, 1.165) is 0 Å². The van der Waals surface area contributed by atoms with Crippen molar-refractivity contribution in [3.63, 3.8) is 0 Å². The van der Waals surface area contributed by atoms with Crippen molar-refractivity contribution in [1.82, 2.24) is 0 Å². The van der Waals surface area contributed by atoms with Gasteiger partial charge < -0.3 is 20.3 Å². The van der Waals surface area contributed by atoms with Crippen molar-refractivity contribution in [2.75, 3.05) is 6.61 Å². The monoisotopic (exact) mass is 267 g/mol. The molecule has 5 heteroatoms. The standard InChI is InChI=1S/C14H21NO4/c1-4-18-14(17)12(15)13(16)10-5-7-11(8-6-10)19-9(2)3/h5-9,12-13,16H,4,15H2,1-3H3. The van der Waals surface area contributed by atoms with Gasteiger partial charge in [0.2, 0.25) is 0 Å². The highest BCUT2D eigenvalue weighted by atomic mass is 16.5. The quantitative estimate of drug-likeness (QED) is 0.761. The Morgan fingerprint density at radius 3 is 2.37 bits per heavy atom. The molecule has 0 aliphatic rings. The van der Waals surface area contributed by atoms with Crippen molar-refractivity contribution >= 4 is 5.97 Å². The molecule has 106 valence electrons. The molecule has 0 aliphatic heterocycles. The van der Waals surface area contributed by atoms with Crippen LogP contribution in [-0.2, 0) is 9.53 Å². The first-order valence-electron chi connectivity index (χ1n) is 6.32. The average molecular weight is 267 g/mol. The summed E-state index contributed by atoms with van der Waals surface area (Å²) >= 11 is 0. The summed E-state index contributed by atoms with van der Waals surface area (Å²) in [5.74, 6) is 0.0909. The number of ether oxygens (including phenoxy) is 2. The Kier molecular flexibility index (Phi) is 5.79. The zero-order valence-electron chi connectivity index (χ0n) is 11.5. The minimum absolute atomic E-state index is 0.0811. The van der Waals surface area contributed by atoms with E-state index in [2.05, 4.69) is 0 Å². The van der Waals surface area contributed by atoms with E-state index in [1.54, 1.807) is 31.2 Å². The molecule has 0 aromatic heterocycles. The Balaban J connectivity index is 2.71. The molecule has 0 saturated carbocycles. The molecule has 0 radical (unpaired) electrons. The Morgan fingerprint density at radius 2 is 1.89 bits per heavy atom. The summed E-state index contributed by atoms with van der Waals surface area (Å²) < 4.78 is 10.3. The van der Waals surface area contributed by atoms with Crippen LogP contribution in [0.2, 0.25) is 0 Å². The minimum atomic E-state index is -1.09. The minimum Gasteiger partial charge on any atom is -0.491 e. The number of esters is 1. The molecule has 1 aromatic rings. The van der Waals surface area contributed by atoms with Crippen molar-refractivity contribution in [3.8, 4) is 5.75 Å². The highest BCUT2D eigenvalue weighted by molar-refractivity contribution is 5.76. The number of aliphatic hydroxyl groups excluding tert-OH is 1. The van der Waals surface area contributed by atoms with Gasteiger partial charge in [-0.05, 0) is 38.5 Å². The molecular formula is C14H21NO4. The van der Waals surface area contributed by atoms with Gasteiger partial charge >= 0.3 is 5.97 Å². The van der Waals surface area contributed by atoms with Crippen LogP contribution >= 0.6 is 0 Å². The van der Waals surface area contributed by atoms with E-state index in [-0.39, 0.29) is 12.7 Å². The van der Waals surface area contributed by atoms with E-state index in [1.165, 1.54) is 0 Å². The van der Waals surface area contributed by atoms with Crippen LogP contribution in [0.3, 0.4) is 0 Å². The number of carbonyl (C=O) groups is 1. The Hall–Kier alpha value is -1.59.